The molecule has 0 aliphatic heterocycles. The molecule has 0 bridgehead atoms. The summed E-state index contributed by atoms with van der Waals surface area (Å²) in [6.45, 7) is 0.254. The van der Waals surface area contributed by atoms with Crippen LogP contribution in [0.25, 0.3) is 0 Å². The van der Waals surface area contributed by atoms with Crippen LogP contribution in [0.5, 0.6) is 11.6 Å². The summed E-state index contributed by atoms with van der Waals surface area (Å²) in [5.41, 5.74) is 6.13. The molecule has 0 fully saturated rings. The predicted molar refractivity (Wildman–Crippen MR) is 65.3 cm³/mol. The largest absolute Gasteiger partial charge is 0.431 e. The van der Waals surface area contributed by atoms with E-state index < -0.39 is 4.92 Å². The van der Waals surface area contributed by atoms with Gasteiger partial charge in [0.05, 0.1) is 4.92 Å². The summed E-state index contributed by atoms with van der Waals surface area (Å²) in [5.74, 6) is 0.435. The SMILES string of the molecule is NCc1cccnc1Oc1ccccc1[N+](=O)[O-]. The number of pyridine rings is 1. The van der Waals surface area contributed by atoms with Crippen molar-refractivity contribution in [2.75, 3.05) is 0 Å². The van der Waals surface area contributed by atoms with Crippen LogP contribution >= 0.6 is 0 Å². The lowest BCUT2D eigenvalue weighted by molar-refractivity contribution is -0.385. The topological polar surface area (TPSA) is 91.3 Å². The molecule has 6 heteroatoms. The Hall–Kier alpha value is -2.47. The summed E-state index contributed by atoms with van der Waals surface area (Å²) in [6, 6.07) is 9.62. The van der Waals surface area contributed by atoms with Crippen molar-refractivity contribution in [3.8, 4) is 11.6 Å². The summed E-state index contributed by atoms with van der Waals surface area (Å²) in [6.07, 6.45) is 1.54. The zero-order valence-corrected chi connectivity index (χ0v) is 9.45. The fraction of sp³-hybridized carbons (Fsp3) is 0.0833. The molecule has 1 heterocycles. The molecule has 0 aliphatic carbocycles. The zero-order valence-electron chi connectivity index (χ0n) is 9.45. The molecule has 0 atom stereocenters. The van der Waals surface area contributed by atoms with Gasteiger partial charge in [-0.15, -0.1) is 0 Å². The molecule has 0 aliphatic rings. The quantitative estimate of drug-likeness (QED) is 0.658. The van der Waals surface area contributed by atoms with Gasteiger partial charge in [0.1, 0.15) is 0 Å². The predicted octanol–water partition coefficient (Wildman–Crippen LogP) is 2.24. The second-order valence-electron chi connectivity index (χ2n) is 3.50. The lowest BCUT2D eigenvalue weighted by atomic mass is 10.2. The molecule has 0 saturated carbocycles. The normalized spacial score (nSPS) is 10.1. The van der Waals surface area contributed by atoms with Gasteiger partial charge in [-0.2, -0.15) is 0 Å². The first-order chi connectivity index (χ1) is 8.72. The van der Waals surface area contributed by atoms with Gasteiger partial charge in [0.25, 0.3) is 0 Å². The van der Waals surface area contributed by atoms with Crippen LogP contribution in [0.1, 0.15) is 5.56 Å². The van der Waals surface area contributed by atoms with Gasteiger partial charge in [-0.1, -0.05) is 18.2 Å². The van der Waals surface area contributed by atoms with Crippen molar-refractivity contribution in [2.24, 2.45) is 5.73 Å². The number of aromatic nitrogens is 1. The fourth-order valence-electron chi connectivity index (χ4n) is 1.47. The number of nitro benzene ring substituents is 1. The van der Waals surface area contributed by atoms with Crippen molar-refractivity contribution < 1.29 is 9.66 Å². The molecular weight excluding hydrogens is 234 g/mol. The molecule has 0 radical (unpaired) electrons. The van der Waals surface area contributed by atoms with E-state index in [-0.39, 0.29) is 23.9 Å². The van der Waals surface area contributed by atoms with E-state index in [1.807, 2.05) is 0 Å². The Morgan fingerprint density at radius 2 is 2.06 bits per heavy atom. The monoisotopic (exact) mass is 245 g/mol. The first-order valence-electron chi connectivity index (χ1n) is 5.27. The van der Waals surface area contributed by atoms with Gasteiger partial charge in [-0.05, 0) is 12.1 Å². The Bertz CT molecular complexity index is 572. The number of nitrogens with two attached hydrogens (primary N) is 1. The number of para-hydroxylation sites is 2. The Morgan fingerprint density at radius 1 is 1.28 bits per heavy atom. The minimum Gasteiger partial charge on any atom is -0.431 e. The highest BCUT2D eigenvalue weighted by molar-refractivity contribution is 5.48. The first kappa shape index (κ1) is 12.0. The van der Waals surface area contributed by atoms with Crippen molar-refractivity contribution in [1.29, 1.82) is 0 Å². The molecule has 0 saturated heterocycles. The molecule has 2 rings (SSSR count). The maximum Gasteiger partial charge on any atom is 0.311 e. The van der Waals surface area contributed by atoms with Gasteiger partial charge in [0.15, 0.2) is 0 Å². The maximum absolute atomic E-state index is 10.8. The molecule has 92 valence electrons. The molecule has 1 aromatic heterocycles. The summed E-state index contributed by atoms with van der Waals surface area (Å²) in [7, 11) is 0. The van der Waals surface area contributed by atoms with E-state index in [1.165, 1.54) is 12.1 Å². The van der Waals surface area contributed by atoms with E-state index in [9.17, 15) is 10.1 Å². The van der Waals surface area contributed by atoms with Gasteiger partial charge < -0.3 is 10.5 Å². The number of hydrogen-bond donors (Lipinski definition) is 1. The lowest BCUT2D eigenvalue weighted by Crippen LogP contribution is -2.01. The summed E-state index contributed by atoms with van der Waals surface area (Å²) in [5, 5.41) is 10.8. The number of nitro groups is 1. The smallest absolute Gasteiger partial charge is 0.311 e. The second kappa shape index (κ2) is 5.24. The Morgan fingerprint density at radius 3 is 2.78 bits per heavy atom. The van der Waals surface area contributed by atoms with Crippen LogP contribution in [0.4, 0.5) is 5.69 Å². The van der Waals surface area contributed by atoms with Gasteiger partial charge in [0, 0.05) is 24.4 Å². The minimum atomic E-state index is -0.500. The second-order valence-corrected chi connectivity index (χ2v) is 3.50. The van der Waals surface area contributed by atoms with Gasteiger partial charge in [-0.25, -0.2) is 4.98 Å². The number of nitrogens with zero attached hydrogens (tertiary/aromatic N) is 2. The Labute approximate surface area is 103 Å². The van der Waals surface area contributed by atoms with E-state index in [2.05, 4.69) is 4.98 Å². The van der Waals surface area contributed by atoms with Crippen LogP contribution in [-0.4, -0.2) is 9.91 Å². The van der Waals surface area contributed by atoms with Crippen LogP contribution in [0.15, 0.2) is 42.6 Å². The highest BCUT2D eigenvalue weighted by Crippen LogP contribution is 2.31. The van der Waals surface area contributed by atoms with Gasteiger partial charge in [0.2, 0.25) is 11.6 Å². The molecule has 0 unspecified atom stereocenters. The number of benzene rings is 1. The van der Waals surface area contributed by atoms with Crippen molar-refractivity contribution in [3.63, 3.8) is 0 Å². The summed E-state index contributed by atoms with van der Waals surface area (Å²) in [4.78, 5) is 14.4. The average Bonchev–Trinajstić information content (AvgIpc) is 2.40. The molecule has 18 heavy (non-hydrogen) atoms. The lowest BCUT2D eigenvalue weighted by Gasteiger charge is -2.08. The third-order valence-electron chi connectivity index (χ3n) is 2.34. The van der Waals surface area contributed by atoms with Crippen LogP contribution in [0.3, 0.4) is 0 Å². The number of ether oxygens (including phenoxy) is 1. The van der Waals surface area contributed by atoms with E-state index in [0.717, 1.165) is 0 Å². The Kier molecular flexibility index (Phi) is 3.49. The standard InChI is InChI=1S/C12H11N3O3/c13-8-9-4-3-7-14-12(9)18-11-6-2-1-5-10(11)15(16)17/h1-7H,8,13H2. The van der Waals surface area contributed by atoms with Crippen LogP contribution < -0.4 is 10.5 Å². The minimum absolute atomic E-state index is 0.105. The fourth-order valence-corrected chi connectivity index (χ4v) is 1.47. The maximum atomic E-state index is 10.8. The molecule has 6 nitrogen and oxygen atoms in total. The third kappa shape index (κ3) is 2.44. The van der Waals surface area contributed by atoms with E-state index >= 15 is 0 Å². The van der Waals surface area contributed by atoms with Crippen LogP contribution in [0.2, 0.25) is 0 Å². The molecule has 2 aromatic rings. The first-order valence-corrected chi connectivity index (χ1v) is 5.27. The zero-order chi connectivity index (χ0) is 13.0. The highest BCUT2D eigenvalue weighted by Gasteiger charge is 2.15. The molecule has 0 amide bonds. The van der Waals surface area contributed by atoms with E-state index in [0.29, 0.717) is 5.56 Å². The van der Waals surface area contributed by atoms with E-state index in [4.69, 9.17) is 10.5 Å². The van der Waals surface area contributed by atoms with Crippen molar-refractivity contribution >= 4 is 5.69 Å². The molecule has 1 aromatic carbocycles. The van der Waals surface area contributed by atoms with Gasteiger partial charge >= 0.3 is 5.69 Å². The highest BCUT2D eigenvalue weighted by atomic mass is 16.6. The average molecular weight is 245 g/mol. The van der Waals surface area contributed by atoms with Crippen molar-refractivity contribution in [1.82, 2.24) is 4.98 Å². The van der Waals surface area contributed by atoms with E-state index in [1.54, 1.807) is 30.5 Å². The number of hydrogen-bond acceptors (Lipinski definition) is 5. The molecule has 0 spiro atoms. The Balaban J connectivity index is 2.37. The number of rotatable bonds is 4. The summed E-state index contributed by atoms with van der Waals surface area (Å²) >= 11 is 0. The van der Waals surface area contributed by atoms with Crippen molar-refractivity contribution in [2.45, 2.75) is 6.54 Å². The van der Waals surface area contributed by atoms with Gasteiger partial charge in [-0.3, -0.25) is 10.1 Å². The molecule has 2 N–H and O–H groups in total. The van der Waals surface area contributed by atoms with Crippen LogP contribution in [-0.2, 0) is 6.54 Å². The summed E-state index contributed by atoms with van der Waals surface area (Å²) < 4.78 is 5.46. The van der Waals surface area contributed by atoms with Crippen LogP contribution in [0, 0.1) is 10.1 Å². The third-order valence-corrected chi connectivity index (χ3v) is 2.34. The molecular formula is C12H11N3O3. The van der Waals surface area contributed by atoms with Crippen molar-refractivity contribution in [3.05, 3.63) is 58.3 Å².